The highest BCUT2D eigenvalue weighted by Crippen LogP contribution is 2.29. The number of benzene rings is 1. The first-order valence-electron chi connectivity index (χ1n) is 5.11. The summed E-state index contributed by atoms with van der Waals surface area (Å²) in [4.78, 5) is 11.3. The number of Topliss-reactive ketones (excluding diaryl/α,β-unsaturated/α-hetero) is 1. The van der Waals surface area contributed by atoms with Crippen LogP contribution in [0.4, 0.5) is 13.2 Å². The lowest BCUT2D eigenvalue weighted by Gasteiger charge is -2.14. The van der Waals surface area contributed by atoms with Gasteiger partial charge in [-0.3, -0.25) is 4.79 Å². The Balaban J connectivity index is 3.18. The molecule has 94 valence electrons. The highest BCUT2D eigenvalue weighted by molar-refractivity contribution is 5.97. The van der Waals surface area contributed by atoms with E-state index in [4.69, 9.17) is 0 Å². The maximum Gasteiger partial charge on any atom is 0.573 e. The Morgan fingerprint density at radius 1 is 1.29 bits per heavy atom. The molecule has 0 fully saturated rings. The average molecular weight is 246 g/mol. The molecule has 1 aromatic rings. The molecule has 1 rings (SSSR count). The summed E-state index contributed by atoms with van der Waals surface area (Å²) in [7, 11) is 0. The Morgan fingerprint density at radius 2 is 1.88 bits per heavy atom. The zero-order chi connectivity index (χ0) is 13.2. The SMILES string of the molecule is CC(=O)c1cc(C(C)C)ccc1OC(F)(F)F. The minimum atomic E-state index is -4.79. The standard InChI is InChI=1S/C12H13F3O2/c1-7(2)9-4-5-11(17-12(13,14)15)10(6-9)8(3)16/h4-7H,1-3H3. The number of hydrogen-bond donors (Lipinski definition) is 0. The summed E-state index contributed by atoms with van der Waals surface area (Å²) in [6.45, 7) is 5.00. The number of rotatable bonds is 3. The van der Waals surface area contributed by atoms with Crippen LogP contribution >= 0.6 is 0 Å². The van der Waals surface area contributed by atoms with Crippen LogP contribution in [-0.4, -0.2) is 12.1 Å². The molecule has 2 nitrogen and oxygen atoms in total. The van der Waals surface area contributed by atoms with E-state index in [1.165, 1.54) is 25.1 Å². The fourth-order valence-electron chi connectivity index (χ4n) is 1.40. The van der Waals surface area contributed by atoms with Crippen LogP contribution in [0.5, 0.6) is 5.75 Å². The molecule has 0 unspecified atom stereocenters. The predicted octanol–water partition coefficient (Wildman–Crippen LogP) is 3.91. The molecule has 0 radical (unpaired) electrons. The van der Waals surface area contributed by atoms with Gasteiger partial charge in [0.1, 0.15) is 5.75 Å². The van der Waals surface area contributed by atoms with Gasteiger partial charge in [0.05, 0.1) is 5.56 Å². The van der Waals surface area contributed by atoms with Crippen LogP contribution in [-0.2, 0) is 0 Å². The molecule has 0 aromatic heterocycles. The molecule has 0 spiro atoms. The topological polar surface area (TPSA) is 26.3 Å². The average Bonchev–Trinajstić information content (AvgIpc) is 2.14. The third-order valence-corrected chi connectivity index (χ3v) is 2.28. The molecule has 0 aliphatic heterocycles. The number of carbonyl (C=O) groups is 1. The Hall–Kier alpha value is -1.52. The van der Waals surface area contributed by atoms with Crippen LogP contribution in [0.1, 0.15) is 42.6 Å². The van der Waals surface area contributed by atoms with Crippen molar-refractivity contribution in [3.63, 3.8) is 0 Å². The van der Waals surface area contributed by atoms with E-state index < -0.39 is 17.9 Å². The van der Waals surface area contributed by atoms with Crippen LogP contribution in [0.2, 0.25) is 0 Å². The van der Waals surface area contributed by atoms with Gasteiger partial charge in [-0.15, -0.1) is 13.2 Å². The van der Waals surface area contributed by atoms with E-state index in [1.807, 2.05) is 13.8 Å². The lowest BCUT2D eigenvalue weighted by Crippen LogP contribution is -2.18. The fraction of sp³-hybridized carbons (Fsp3) is 0.417. The molecule has 0 atom stereocenters. The molecule has 0 bridgehead atoms. The van der Waals surface area contributed by atoms with E-state index in [9.17, 15) is 18.0 Å². The van der Waals surface area contributed by atoms with Gasteiger partial charge in [-0.25, -0.2) is 0 Å². The Bertz CT molecular complexity index is 422. The van der Waals surface area contributed by atoms with E-state index in [0.717, 1.165) is 5.56 Å². The summed E-state index contributed by atoms with van der Waals surface area (Å²) in [5.74, 6) is -0.769. The number of alkyl halides is 3. The number of ether oxygens (including phenoxy) is 1. The van der Waals surface area contributed by atoms with Crippen molar-refractivity contribution < 1.29 is 22.7 Å². The minimum absolute atomic E-state index is 0.0477. The van der Waals surface area contributed by atoms with Crippen LogP contribution in [0, 0.1) is 0 Å². The normalized spacial score (nSPS) is 11.7. The molecule has 0 saturated heterocycles. The van der Waals surface area contributed by atoms with E-state index >= 15 is 0 Å². The van der Waals surface area contributed by atoms with Gasteiger partial charge in [0.25, 0.3) is 0 Å². The molecule has 0 N–H and O–H groups in total. The van der Waals surface area contributed by atoms with Gasteiger partial charge in [0.15, 0.2) is 5.78 Å². The molecule has 0 aliphatic carbocycles. The van der Waals surface area contributed by atoms with Gasteiger partial charge in [0, 0.05) is 0 Å². The second-order valence-corrected chi connectivity index (χ2v) is 4.01. The third-order valence-electron chi connectivity index (χ3n) is 2.28. The van der Waals surface area contributed by atoms with Crippen molar-refractivity contribution in [3.8, 4) is 5.75 Å². The van der Waals surface area contributed by atoms with Gasteiger partial charge in [0.2, 0.25) is 0 Å². The van der Waals surface area contributed by atoms with Gasteiger partial charge in [-0.05, 0) is 30.5 Å². The first-order chi connectivity index (χ1) is 7.70. The second-order valence-electron chi connectivity index (χ2n) is 4.01. The molecule has 0 saturated carbocycles. The summed E-state index contributed by atoms with van der Waals surface area (Å²) in [6.07, 6.45) is -4.79. The van der Waals surface area contributed by atoms with Crippen LogP contribution in [0.3, 0.4) is 0 Å². The van der Waals surface area contributed by atoms with Crippen molar-refractivity contribution in [3.05, 3.63) is 29.3 Å². The van der Waals surface area contributed by atoms with Crippen molar-refractivity contribution >= 4 is 5.78 Å². The van der Waals surface area contributed by atoms with E-state index in [1.54, 1.807) is 0 Å². The second kappa shape index (κ2) is 4.77. The highest BCUT2D eigenvalue weighted by atomic mass is 19.4. The van der Waals surface area contributed by atoms with Gasteiger partial charge in [-0.1, -0.05) is 19.9 Å². The maximum absolute atomic E-state index is 12.1. The lowest BCUT2D eigenvalue weighted by atomic mass is 9.99. The Morgan fingerprint density at radius 3 is 2.29 bits per heavy atom. The van der Waals surface area contributed by atoms with Gasteiger partial charge >= 0.3 is 6.36 Å². The maximum atomic E-state index is 12.1. The zero-order valence-corrected chi connectivity index (χ0v) is 9.76. The molecule has 17 heavy (non-hydrogen) atoms. The number of halogens is 3. The highest BCUT2D eigenvalue weighted by Gasteiger charge is 2.32. The summed E-state index contributed by atoms with van der Waals surface area (Å²) in [5, 5.41) is 0. The van der Waals surface area contributed by atoms with Gasteiger partial charge < -0.3 is 4.74 Å². The molecule has 5 heteroatoms. The monoisotopic (exact) mass is 246 g/mol. The molecule has 0 amide bonds. The minimum Gasteiger partial charge on any atom is -0.405 e. The summed E-state index contributed by atoms with van der Waals surface area (Å²) in [5.41, 5.74) is 0.748. The van der Waals surface area contributed by atoms with Crippen molar-refractivity contribution in [1.82, 2.24) is 0 Å². The largest absolute Gasteiger partial charge is 0.573 e. The Labute approximate surface area is 97.4 Å². The number of carbonyl (C=O) groups excluding carboxylic acids is 1. The smallest absolute Gasteiger partial charge is 0.405 e. The molecular formula is C12H13F3O2. The lowest BCUT2D eigenvalue weighted by molar-refractivity contribution is -0.274. The Kier molecular flexibility index (Phi) is 3.80. The number of ketones is 1. The van der Waals surface area contributed by atoms with Crippen molar-refractivity contribution in [2.45, 2.75) is 33.1 Å². The molecular weight excluding hydrogens is 233 g/mol. The molecule has 0 heterocycles. The molecule has 1 aromatic carbocycles. The summed E-state index contributed by atoms with van der Waals surface area (Å²) < 4.78 is 40.1. The third kappa shape index (κ3) is 3.76. The molecule has 0 aliphatic rings. The van der Waals surface area contributed by atoms with E-state index in [-0.39, 0.29) is 11.5 Å². The zero-order valence-electron chi connectivity index (χ0n) is 9.76. The van der Waals surface area contributed by atoms with Crippen LogP contribution < -0.4 is 4.74 Å². The first kappa shape index (κ1) is 13.5. The quantitative estimate of drug-likeness (QED) is 0.756. The van der Waals surface area contributed by atoms with Crippen LogP contribution in [0.15, 0.2) is 18.2 Å². The van der Waals surface area contributed by atoms with E-state index in [0.29, 0.717) is 0 Å². The first-order valence-corrected chi connectivity index (χ1v) is 5.11. The van der Waals surface area contributed by atoms with Gasteiger partial charge in [-0.2, -0.15) is 0 Å². The summed E-state index contributed by atoms with van der Waals surface area (Å²) >= 11 is 0. The number of hydrogen-bond acceptors (Lipinski definition) is 2. The van der Waals surface area contributed by atoms with Crippen molar-refractivity contribution in [2.24, 2.45) is 0 Å². The summed E-state index contributed by atoms with van der Waals surface area (Å²) in [6, 6.07) is 4.14. The van der Waals surface area contributed by atoms with Crippen molar-refractivity contribution in [2.75, 3.05) is 0 Å². The fourth-order valence-corrected chi connectivity index (χ4v) is 1.40. The predicted molar refractivity (Wildman–Crippen MR) is 57.2 cm³/mol. The van der Waals surface area contributed by atoms with Crippen LogP contribution in [0.25, 0.3) is 0 Å². The van der Waals surface area contributed by atoms with Crippen molar-refractivity contribution in [1.29, 1.82) is 0 Å². The van der Waals surface area contributed by atoms with E-state index in [2.05, 4.69) is 4.74 Å².